The molecule has 0 bridgehead atoms. The van der Waals surface area contributed by atoms with Gasteiger partial charge >= 0.3 is 0 Å². The van der Waals surface area contributed by atoms with Crippen molar-refractivity contribution in [1.82, 2.24) is 15.4 Å². The molecule has 0 aliphatic carbocycles. The standard InChI is InChI=1S/C18H23N3O2S/c1-24-16-6-4-14(5-7-16)8-9-19-18(22)17-12-15(23-20-17)13-21-10-2-3-11-21/h4-7,12H,2-3,8-11,13H2,1H3,(H,19,22). The number of carbonyl (C=O) groups excluding carboxylic acids is 1. The second-order valence-electron chi connectivity index (χ2n) is 6.02. The molecule has 2 aromatic rings. The Balaban J connectivity index is 1.45. The zero-order valence-corrected chi connectivity index (χ0v) is 14.8. The van der Waals surface area contributed by atoms with Crippen LogP contribution in [0.25, 0.3) is 0 Å². The van der Waals surface area contributed by atoms with Gasteiger partial charge in [0.15, 0.2) is 11.5 Å². The maximum absolute atomic E-state index is 12.1. The molecule has 1 aliphatic heterocycles. The summed E-state index contributed by atoms with van der Waals surface area (Å²) in [5.74, 6) is 0.585. The van der Waals surface area contributed by atoms with E-state index in [-0.39, 0.29) is 5.91 Å². The summed E-state index contributed by atoms with van der Waals surface area (Å²) >= 11 is 1.73. The molecule has 1 amide bonds. The highest BCUT2D eigenvalue weighted by molar-refractivity contribution is 7.98. The molecule has 1 N–H and O–H groups in total. The molecule has 5 nitrogen and oxygen atoms in total. The summed E-state index contributed by atoms with van der Waals surface area (Å²) in [5.41, 5.74) is 1.57. The first-order valence-corrected chi connectivity index (χ1v) is 9.56. The molecule has 6 heteroatoms. The number of nitrogens with zero attached hydrogens (tertiary/aromatic N) is 2. The molecule has 0 atom stereocenters. The van der Waals surface area contributed by atoms with E-state index in [1.807, 2.05) is 0 Å². The van der Waals surface area contributed by atoms with E-state index in [9.17, 15) is 4.79 Å². The van der Waals surface area contributed by atoms with Gasteiger partial charge in [-0.25, -0.2) is 0 Å². The van der Waals surface area contributed by atoms with Crippen LogP contribution in [-0.4, -0.2) is 41.9 Å². The van der Waals surface area contributed by atoms with E-state index in [1.165, 1.54) is 23.3 Å². The first-order chi connectivity index (χ1) is 11.7. The number of aromatic nitrogens is 1. The lowest BCUT2D eigenvalue weighted by molar-refractivity contribution is 0.0945. The highest BCUT2D eigenvalue weighted by Crippen LogP contribution is 2.15. The van der Waals surface area contributed by atoms with E-state index >= 15 is 0 Å². The Bertz CT molecular complexity index is 663. The van der Waals surface area contributed by atoms with E-state index in [1.54, 1.807) is 17.8 Å². The van der Waals surface area contributed by atoms with Crippen LogP contribution in [0.2, 0.25) is 0 Å². The molecule has 1 fully saturated rings. The normalized spacial score (nSPS) is 14.9. The smallest absolute Gasteiger partial charge is 0.273 e. The predicted octanol–water partition coefficient (Wildman–Crippen LogP) is 2.96. The monoisotopic (exact) mass is 345 g/mol. The van der Waals surface area contributed by atoms with E-state index < -0.39 is 0 Å². The molecular weight excluding hydrogens is 322 g/mol. The van der Waals surface area contributed by atoms with Crippen molar-refractivity contribution in [3.63, 3.8) is 0 Å². The number of thioether (sulfide) groups is 1. The second-order valence-corrected chi connectivity index (χ2v) is 6.90. The van der Waals surface area contributed by atoms with Gasteiger partial charge in [-0.3, -0.25) is 9.69 Å². The van der Waals surface area contributed by atoms with Gasteiger partial charge in [-0.05, 0) is 56.3 Å². The Morgan fingerprint density at radius 2 is 2.04 bits per heavy atom. The average molecular weight is 345 g/mol. The predicted molar refractivity (Wildman–Crippen MR) is 95.3 cm³/mol. The zero-order valence-electron chi connectivity index (χ0n) is 14.0. The van der Waals surface area contributed by atoms with Crippen LogP contribution in [0.1, 0.15) is 34.7 Å². The number of nitrogens with one attached hydrogen (secondary N) is 1. The van der Waals surface area contributed by atoms with Crippen LogP contribution in [0.3, 0.4) is 0 Å². The molecule has 128 valence electrons. The number of likely N-dealkylation sites (tertiary alicyclic amines) is 1. The Morgan fingerprint density at radius 1 is 1.29 bits per heavy atom. The lowest BCUT2D eigenvalue weighted by atomic mass is 10.1. The van der Waals surface area contributed by atoms with Gasteiger partial charge in [-0.15, -0.1) is 11.8 Å². The Labute approximate surface area is 146 Å². The van der Waals surface area contributed by atoms with Crippen LogP contribution in [-0.2, 0) is 13.0 Å². The van der Waals surface area contributed by atoms with Crippen LogP contribution in [0.5, 0.6) is 0 Å². The van der Waals surface area contributed by atoms with E-state index in [2.05, 4.69) is 45.9 Å². The summed E-state index contributed by atoms with van der Waals surface area (Å²) in [4.78, 5) is 15.7. The molecule has 24 heavy (non-hydrogen) atoms. The summed E-state index contributed by atoms with van der Waals surface area (Å²) in [5, 5.41) is 6.79. The molecule has 0 radical (unpaired) electrons. The van der Waals surface area contributed by atoms with Gasteiger partial charge in [0, 0.05) is 17.5 Å². The lowest BCUT2D eigenvalue weighted by Crippen LogP contribution is -2.26. The Morgan fingerprint density at radius 3 is 2.75 bits per heavy atom. The molecule has 1 aromatic heterocycles. The molecule has 0 spiro atoms. The fourth-order valence-corrected chi connectivity index (χ4v) is 3.27. The van der Waals surface area contributed by atoms with E-state index in [0.717, 1.165) is 31.8 Å². The largest absolute Gasteiger partial charge is 0.359 e. The van der Waals surface area contributed by atoms with Crippen molar-refractivity contribution in [2.24, 2.45) is 0 Å². The third-order valence-corrected chi connectivity index (χ3v) is 4.97. The van der Waals surface area contributed by atoms with Crippen molar-refractivity contribution < 1.29 is 9.32 Å². The van der Waals surface area contributed by atoms with Crippen molar-refractivity contribution in [2.75, 3.05) is 25.9 Å². The minimum atomic E-state index is -0.174. The van der Waals surface area contributed by atoms with Crippen molar-refractivity contribution in [2.45, 2.75) is 30.7 Å². The summed E-state index contributed by atoms with van der Waals surface area (Å²) in [6.45, 7) is 3.52. The van der Waals surface area contributed by atoms with E-state index in [4.69, 9.17) is 4.52 Å². The van der Waals surface area contributed by atoms with Crippen LogP contribution in [0, 0.1) is 0 Å². The van der Waals surface area contributed by atoms with Gasteiger partial charge in [0.1, 0.15) is 0 Å². The highest BCUT2D eigenvalue weighted by atomic mass is 32.2. The molecule has 3 rings (SSSR count). The quantitative estimate of drug-likeness (QED) is 0.782. The minimum absolute atomic E-state index is 0.174. The van der Waals surface area contributed by atoms with Gasteiger partial charge in [-0.1, -0.05) is 17.3 Å². The first kappa shape index (κ1) is 17.0. The third-order valence-electron chi connectivity index (χ3n) is 4.23. The highest BCUT2D eigenvalue weighted by Gasteiger charge is 2.17. The van der Waals surface area contributed by atoms with Crippen LogP contribution in [0.4, 0.5) is 0 Å². The second kappa shape index (κ2) is 8.35. The topological polar surface area (TPSA) is 58.4 Å². The number of hydrogen-bond acceptors (Lipinski definition) is 5. The Kier molecular flexibility index (Phi) is 5.93. The van der Waals surface area contributed by atoms with Crippen molar-refractivity contribution in [3.05, 3.63) is 47.3 Å². The van der Waals surface area contributed by atoms with Gasteiger partial charge < -0.3 is 9.84 Å². The summed E-state index contributed by atoms with van der Waals surface area (Å²) in [6.07, 6.45) is 5.34. The summed E-state index contributed by atoms with van der Waals surface area (Å²) in [6, 6.07) is 10.2. The van der Waals surface area contributed by atoms with E-state index in [0.29, 0.717) is 12.2 Å². The lowest BCUT2D eigenvalue weighted by Gasteiger charge is -2.10. The molecule has 0 saturated carbocycles. The molecule has 2 heterocycles. The average Bonchev–Trinajstić information content (AvgIpc) is 3.28. The SMILES string of the molecule is CSc1ccc(CCNC(=O)c2cc(CN3CCCC3)on2)cc1. The molecule has 1 aliphatic rings. The van der Waals surface area contributed by atoms with Gasteiger partial charge in [-0.2, -0.15) is 0 Å². The molecular formula is C18H23N3O2S. The number of benzene rings is 1. The van der Waals surface area contributed by atoms with Crippen LogP contribution < -0.4 is 5.32 Å². The van der Waals surface area contributed by atoms with Crippen molar-refractivity contribution in [1.29, 1.82) is 0 Å². The number of rotatable bonds is 7. The van der Waals surface area contributed by atoms with Crippen molar-refractivity contribution in [3.8, 4) is 0 Å². The van der Waals surface area contributed by atoms with Gasteiger partial charge in [0.25, 0.3) is 5.91 Å². The van der Waals surface area contributed by atoms with Crippen molar-refractivity contribution >= 4 is 17.7 Å². The molecule has 0 unspecified atom stereocenters. The minimum Gasteiger partial charge on any atom is -0.359 e. The van der Waals surface area contributed by atoms with Crippen LogP contribution >= 0.6 is 11.8 Å². The fraction of sp³-hybridized carbons (Fsp3) is 0.444. The van der Waals surface area contributed by atoms with Gasteiger partial charge in [0.05, 0.1) is 6.54 Å². The number of amides is 1. The molecule has 1 aromatic carbocycles. The number of hydrogen-bond donors (Lipinski definition) is 1. The number of carbonyl (C=O) groups is 1. The third kappa shape index (κ3) is 4.61. The summed E-state index contributed by atoms with van der Waals surface area (Å²) in [7, 11) is 0. The first-order valence-electron chi connectivity index (χ1n) is 8.33. The summed E-state index contributed by atoms with van der Waals surface area (Å²) < 4.78 is 5.28. The van der Waals surface area contributed by atoms with Crippen LogP contribution in [0.15, 0.2) is 39.8 Å². The Hall–Kier alpha value is -1.79. The molecule has 1 saturated heterocycles. The maximum Gasteiger partial charge on any atom is 0.273 e. The zero-order chi connectivity index (χ0) is 16.8. The maximum atomic E-state index is 12.1. The fourth-order valence-electron chi connectivity index (χ4n) is 2.86. The van der Waals surface area contributed by atoms with Gasteiger partial charge in [0.2, 0.25) is 0 Å².